The molecule has 2 nitrogen and oxygen atoms in total. The highest BCUT2D eigenvalue weighted by Crippen LogP contribution is 2.26. The number of allylic oxidation sites excluding steroid dienone is 3. The van der Waals surface area contributed by atoms with Crippen molar-refractivity contribution in [1.82, 2.24) is 0 Å². The summed E-state index contributed by atoms with van der Waals surface area (Å²) in [5.41, 5.74) is -1.37. The van der Waals surface area contributed by atoms with Crippen molar-refractivity contribution >= 4 is 5.71 Å². The van der Waals surface area contributed by atoms with Gasteiger partial charge in [0.05, 0.1) is 0 Å². The molecule has 0 amide bonds. The summed E-state index contributed by atoms with van der Waals surface area (Å²) in [7, 11) is 0. The lowest BCUT2D eigenvalue weighted by Gasteiger charge is -2.05. The summed E-state index contributed by atoms with van der Waals surface area (Å²) in [4.78, 5) is 3.08. The van der Waals surface area contributed by atoms with Crippen molar-refractivity contribution < 1.29 is 13.2 Å². The average Bonchev–Trinajstić information content (AvgIpc) is 2.01. The lowest BCUT2D eigenvalue weighted by molar-refractivity contribution is -0.0922. The van der Waals surface area contributed by atoms with Gasteiger partial charge in [0, 0.05) is 0 Å². The SMILES string of the molecule is C=C/C=C(\N=C(/C)C#N)C(F)(F)F. The average molecular weight is 188 g/mol. The molecule has 0 heterocycles. The lowest BCUT2D eigenvalue weighted by Crippen LogP contribution is -2.11. The third-order valence-corrected chi connectivity index (χ3v) is 1.02. The molecular formula is C8H7F3N2. The number of nitriles is 1. The fourth-order valence-electron chi connectivity index (χ4n) is 0.512. The van der Waals surface area contributed by atoms with Crippen molar-refractivity contribution in [1.29, 1.82) is 5.26 Å². The molecule has 0 N–H and O–H groups in total. The molecule has 0 aliphatic rings. The zero-order chi connectivity index (χ0) is 10.5. The Balaban J connectivity index is 5.00. The molecule has 0 atom stereocenters. The minimum absolute atomic E-state index is 0.245. The summed E-state index contributed by atoms with van der Waals surface area (Å²) in [6.45, 7) is 4.32. The Morgan fingerprint density at radius 1 is 1.54 bits per heavy atom. The normalized spacial score (nSPS) is 13.8. The predicted molar refractivity (Wildman–Crippen MR) is 43.1 cm³/mol. The van der Waals surface area contributed by atoms with Crippen molar-refractivity contribution in [3.05, 3.63) is 24.4 Å². The molecule has 0 aromatic heterocycles. The molecule has 0 radical (unpaired) electrons. The monoisotopic (exact) mass is 188 g/mol. The van der Waals surface area contributed by atoms with E-state index in [0.29, 0.717) is 6.08 Å². The number of hydrogen-bond donors (Lipinski definition) is 0. The highest BCUT2D eigenvalue weighted by atomic mass is 19.4. The first kappa shape index (κ1) is 11.4. The molecule has 13 heavy (non-hydrogen) atoms. The number of aliphatic imine (C=N–C) groups is 1. The Hall–Kier alpha value is -1.57. The summed E-state index contributed by atoms with van der Waals surface area (Å²) in [5, 5.41) is 8.22. The third-order valence-electron chi connectivity index (χ3n) is 1.02. The molecule has 0 fully saturated rings. The van der Waals surface area contributed by atoms with E-state index in [2.05, 4.69) is 11.6 Å². The van der Waals surface area contributed by atoms with Crippen LogP contribution in [0.15, 0.2) is 29.4 Å². The van der Waals surface area contributed by atoms with Gasteiger partial charge in [0.1, 0.15) is 17.5 Å². The number of halogens is 3. The summed E-state index contributed by atoms with van der Waals surface area (Å²) >= 11 is 0. The molecule has 70 valence electrons. The molecule has 0 aliphatic carbocycles. The van der Waals surface area contributed by atoms with Gasteiger partial charge in [0.2, 0.25) is 0 Å². The van der Waals surface area contributed by atoms with Crippen LogP contribution in [0.25, 0.3) is 0 Å². The number of hydrogen-bond acceptors (Lipinski definition) is 2. The lowest BCUT2D eigenvalue weighted by atomic mass is 10.3. The largest absolute Gasteiger partial charge is 0.433 e. The quantitative estimate of drug-likeness (QED) is 0.484. The van der Waals surface area contributed by atoms with E-state index in [9.17, 15) is 13.2 Å². The van der Waals surface area contributed by atoms with E-state index >= 15 is 0 Å². The number of nitrogens with zero attached hydrogens (tertiary/aromatic N) is 2. The van der Waals surface area contributed by atoms with Gasteiger partial charge in [0.25, 0.3) is 0 Å². The van der Waals surface area contributed by atoms with E-state index in [4.69, 9.17) is 5.26 Å². The number of alkyl halides is 3. The van der Waals surface area contributed by atoms with Gasteiger partial charge in [-0.15, -0.1) is 0 Å². The maximum absolute atomic E-state index is 12.1. The smallest absolute Gasteiger partial charge is 0.237 e. The molecule has 0 rings (SSSR count). The molecule has 0 unspecified atom stereocenters. The van der Waals surface area contributed by atoms with E-state index in [0.717, 1.165) is 6.08 Å². The van der Waals surface area contributed by atoms with E-state index in [-0.39, 0.29) is 5.71 Å². The summed E-state index contributed by atoms with van der Waals surface area (Å²) in [6.07, 6.45) is -2.87. The van der Waals surface area contributed by atoms with Crippen molar-refractivity contribution in [2.24, 2.45) is 4.99 Å². The highest BCUT2D eigenvalue weighted by Gasteiger charge is 2.33. The van der Waals surface area contributed by atoms with E-state index in [1.165, 1.54) is 13.0 Å². The first-order valence-corrected chi connectivity index (χ1v) is 3.27. The second kappa shape index (κ2) is 4.45. The first-order valence-electron chi connectivity index (χ1n) is 3.27. The summed E-state index contributed by atoms with van der Waals surface area (Å²) in [5.74, 6) is 0. The zero-order valence-corrected chi connectivity index (χ0v) is 6.89. The second-order valence-corrected chi connectivity index (χ2v) is 2.09. The van der Waals surface area contributed by atoms with Gasteiger partial charge < -0.3 is 0 Å². The fourth-order valence-corrected chi connectivity index (χ4v) is 0.512. The van der Waals surface area contributed by atoms with Crippen LogP contribution < -0.4 is 0 Å². The van der Waals surface area contributed by atoms with Crippen LogP contribution in [-0.4, -0.2) is 11.9 Å². The van der Waals surface area contributed by atoms with E-state index in [1.54, 1.807) is 0 Å². The van der Waals surface area contributed by atoms with Crippen LogP contribution in [0.1, 0.15) is 6.92 Å². The topological polar surface area (TPSA) is 36.1 Å². The third kappa shape index (κ3) is 4.11. The molecule has 5 heteroatoms. The van der Waals surface area contributed by atoms with Crippen LogP contribution in [0, 0.1) is 11.3 Å². The molecule has 0 aromatic carbocycles. The fraction of sp³-hybridized carbons (Fsp3) is 0.250. The van der Waals surface area contributed by atoms with Crippen molar-refractivity contribution in [2.45, 2.75) is 13.1 Å². The van der Waals surface area contributed by atoms with Crippen LogP contribution in [0.2, 0.25) is 0 Å². The minimum Gasteiger partial charge on any atom is -0.237 e. The molecular weight excluding hydrogens is 181 g/mol. The van der Waals surface area contributed by atoms with Crippen LogP contribution in [0.5, 0.6) is 0 Å². The summed E-state index contributed by atoms with van der Waals surface area (Å²) < 4.78 is 36.2. The first-order chi connectivity index (χ1) is 5.91. The number of rotatable bonds is 2. The Kier molecular flexibility index (Phi) is 3.92. The van der Waals surface area contributed by atoms with Gasteiger partial charge in [-0.1, -0.05) is 12.7 Å². The highest BCUT2D eigenvalue weighted by molar-refractivity contribution is 5.97. The second-order valence-electron chi connectivity index (χ2n) is 2.09. The van der Waals surface area contributed by atoms with Crippen molar-refractivity contribution in [3.63, 3.8) is 0 Å². The minimum atomic E-state index is -4.55. The van der Waals surface area contributed by atoms with Crippen LogP contribution in [0.3, 0.4) is 0 Å². The van der Waals surface area contributed by atoms with Crippen molar-refractivity contribution in [2.75, 3.05) is 0 Å². The Morgan fingerprint density at radius 3 is 2.38 bits per heavy atom. The molecule has 0 saturated heterocycles. The van der Waals surface area contributed by atoms with Crippen molar-refractivity contribution in [3.8, 4) is 6.07 Å². The van der Waals surface area contributed by atoms with E-state index in [1.807, 2.05) is 0 Å². The standard InChI is InChI=1S/C8H7F3N2/c1-3-4-7(8(9,10)11)13-6(2)5-12/h3-4H,1H2,2H3/b7-4-,13-6+. The van der Waals surface area contributed by atoms with Gasteiger partial charge in [-0.3, -0.25) is 0 Å². The summed E-state index contributed by atoms with van der Waals surface area (Å²) in [6, 6.07) is 1.50. The van der Waals surface area contributed by atoms with Gasteiger partial charge >= 0.3 is 6.18 Å². The molecule has 0 aliphatic heterocycles. The van der Waals surface area contributed by atoms with E-state index < -0.39 is 11.9 Å². The van der Waals surface area contributed by atoms with Gasteiger partial charge in [0.15, 0.2) is 0 Å². The molecule has 0 spiro atoms. The maximum Gasteiger partial charge on any atom is 0.433 e. The van der Waals surface area contributed by atoms with Crippen LogP contribution >= 0.6 is 0 Å². The van der Waals surface area contributed by atoms with Gasteiger partial charge in [-0.05, 0) is 13.0 Å². The van der Waals surface area contributed by atoms with Gasteiger partial charge in [-0.25, -0.2) is 4.99 Å². The van der Waals surface area contributed by atoms with Gasteiger partial charge in [-0.2, -0.15) is 18.4 Å². The molecule has 0 saturated carbocycles. The molecule has 0 aromatic rings. The predicted octanol–water partition coefficient (Wildman–Crippen LogP) is 2.60. The van der Waals surface area contributed by atoms with Crippen LogP contribution in [-0.2, 0) is 0 Å². The Bertz CT molecular complexity index is 291. The molecule has 0 bridgehead atoms. The zero-order valence-electron chi connectivity index (χ0n) is 6.89. The Labute approximate surface area is 73.7 Å². The Morgan fingerprint density at radius 2 is 2.08 bits per heavy atom. The van der Waals surface area contributed by atoms with Crippen LogP contribution in [0.4, 0.5) is 13.2 Å². The maximum atomic E-state index is 12.1.